The van der Waals surface area contributed by atoms with Crippen LogP contribution in [0.25, 0.3) is 0 Å². The number of allylic oxidation sites excluding steroid dienone is 2. The van der Waals surface area contributed by atoms with E-state index in [0.717, 1.165) is 22.4 Å². The Morgan fingerprint density at radius 2 is 1.64 bits per heavy atom. The number of nitrogens with zero attached hydrogens (tertiary/aromatic N) is 1. The molecule has 1 aliphatic carbocycles. The molecule has 0 unspecified atom stereocenters. The Bertz CT molecular complexity index is 1250. The van der Waals surface area contributed by atoms with Crippen LogP contribution in [0.15, 0.2) is 48.2 Å². The summed E-state index contributed by atoms with van der Waals surface area (Å²) in [5, 5.41) is 0. The molecule has 39 heavy (non-hydrogen) atoms. The van der Waals surface area contributed by atoms with Crippen LogP contribution in [-0.2, 0) is 33.2 Å². The van der Waals surface area contributed by atoms with Crippen LogP contribution < -0.4 is 0 Å². The van der Waals surface area contributed by atoms with E-state index in [4.69, 9.17) is 9.47 Å². The molecule has 4 nitrogen and oxygen atoms in total. The number of likely N-dealkylation sites (tertiary alicyclic amines) is 1. The van der Waals surface area contributed by atoms with Crippen molar-refractivity contribution >= 4 is 5.78 Å². The third kappa shape index (κ3) is 5.87. The van der Waals surface area contributed by atoms with Crippen LogP contribution in [0.2, 0.25) is 0 Å². The van der Waals surface area contributed by atoms with E-state index in [1.54, 1.807) is 6.08 Å². The van der Waals surface area contributed by atoms with E-state index in [9.17, 15) is 31.1 Å². The Hall–Kier alpha value is -2.85. The molecule has 0 N–H and O–H groups in total. The summed E-state index contributed by atoms with van der Waals surface area (Å²) < 4.78 is 92.3. The number of halogens is 6. The highest BCUT2D eigenvalue weighted by Crippen LogP contribution is 2.46. The molecule has 10 heteroatoms. The molecule has 0 saturated carbocycles. The lowest BCUT2D eigenvalue weighted by atomic mass is 9.76. The van der Waals surface area contributed by atoms with Gasteiger partial charge in [-0.05, 0) is 61.1 Å². The minimum Gasteiger partial charge on any atom is -0.374 e. The molecule has 0 aromatic heterocycles. The van der Waals surface area contributed by atoms with Crippen molar-refractivity contribution in [2.75, 3.05) is 19.7 Å². The minimum atomic E-state index is -4.94. The van der Waals surface area contributed by atoms with Gasteiger partial charge in [0.15, 0.2) is 12.1 Å². The molecule has 0 bridgehead atoms. The van der Waals surface area contributed by atoms with E-state index in [2.05, 4.69) is 4.90 Å². The molecule has 4 atom stereocenters. The Morgan fingerprint density at radius 3 is 2.26 bits per heavy atom. The molecule has 3 aliphatic rings. The second-order valence-corrected chi connectivity index (χ2v) is 10.7. The predicted molar refractivity (Wildman–Crippen MR) is 131 cm³/mol. The fourth-order valence-electron chi connectivity index (χ4n) is 6.00. The largest absolute Gasteiger partial charge is 0.416 e. The second-order valence-electron chi connectivity index (χ2n) is 10.7. The highest BCUT2D eigenvalue weighted by molar-refractivity contribution is 5.92. The van der Waals surface area contributed by atoms with E-state index in [0.29, 0.717) is 44.7 Å². The number of carbonyl (C=O) groups is 1. The normalized spacial score (nSPS) is 25.7. The van der Waals surface area contributed by atoms with Crippen molar-refractivity contribution in [2.24, 2.45) is 11.8 Å². The lowest BCUT2D eigenvalue weighted by Crippen LogP contribution is -2.42. The van der Waals surface area contributed by atoms with Crippen molar-refractivity contribution < 1.29 is 40.6 Å². The van der Waals surface area contributed by atoms with Gasteiger partial charge >= 0.3 is 12.4 Å². The highest BCUT2D eigenvalue weighted by atomic mass is 19.4. The van der Waals surface area contributed by atoms with Crippen LogP contribution >= 0.6 is 0 Å². The molecule has 0 amide bonds. The van der Waals surface area contributed by atoms with Crippen molar-refractivity contribution in [1.82, 2.24) is 4.90 Å². The van der Waals surface area contributed by atoms with E-state index >= 15 is 0 Å². The number of hydrogen-bond donors (Lipinski definition) is 0. The summed E-state index contributed by atoms with van der Waals surface area (Å²) in [6.07, 6.45) is -7.88. The quantitative estimate of drug-likeness (QED) is 0.382. The third-order valence-corrected chi connectivity index (χ3v) is 7.94. The SMILES string of the molecule is Cc1ccc(C)c([C@@H]2[C@@H](OCc3cc(C(F)(F)F)cc(C(F)(F)F)c3)OC[C@@H]3CN(C4=CC(=O)CC4)C[C@H]32)c1. The summed E-state index contributed by atoms with van der Waals surface area (Å²) in [6, 6.07) is 7.49. The van der Waals surface area contributed by atoms with Crippen LogP contribution in [0.1, 0.15) is 52.1 Å². The Balaban J connectivity index is 1.44. The summed E-state index contributed by atoms with van der Waals surface area (Å²) in [7, 11) is 0. The maximum atomic E-state index is 13.4. The van der Waals surface area contributed by atoms with Gasteiger partial charge < -0.3 is 14.4 Å². The van der Waals surface area contributed by atoms with Crippen molar-refractivity contribution in [1.29, 1.82) is 0 Å². The molecule has 0 spiro atoms. The van der Waals surface area contributed by atoms with Crippen LogP contribution in [0, 0.1) is 25.7 Å². The standard InChI is InChI=1S/C29H29F6NO3/c1-16-3-4-17(2)24(7-16)26-25-13-36(22-5-6-23(37)11-22)12-19(25)15-39-27(26)38-14-18-8-20(28(30,31)32)10-21(9-18)29(33,34)35/h3-4,7-11,19,25-27H,5-6,12-15H2,1-2H3/t19-,25+,26-,27-/m0/s1. The first-order chi connectivity index (χ1) is 18.3. The first kappa shape index (κ1) is 27.7. The molecule has 2 saturated heterocycles. The van der Waals surface area contributed by atoms with Gasteiger partial charge in [0.2, 0.25) is 0 Å². The van der Waals surface area contributed by atoms with Gasteiger partial charge in [-0.15, -0.1) is 0 Å². The number of fused-ring (bicyclic) bond motifs is 1. The van der Waals surface area contributed by atoms with E-state index in [-0.39, 0.29) is 35.2 Å². The number of aryl methyl sites for hydroxylation is 2. The summed E-state index contributed by atoms with van der Waals surface area (Å²) in [4.78, 5) is 14.0. The number of rotatable bonds is 5. The van der Waals surface area contributed by atoms with E-state index in [1.165, 1.54) is 0 Å². The predicted octanol–water partition coefficient (Wildman–Crippen LogP) is 6.79. The van der Waals surface area contributed by atoms with E-state index in [1.807, 2.05) is 32.0 Å². The molecular formula is C29H29F6NO3. The van der Waals surface area contributed by atoms with Gasteiger partial charge in [0, 0.05) is 43.1 Å². The van der Waals surface area contributed by atoms with Gasteiger partial charge in [0.25, 0.3) is 0 Å². The van der Waals surface area contributed by atoms with Crippen molar-refractivity contribution in [2.45, 2.75) is 57.9 Å². The first-order valence-electron chi connectivity index (χ1n) is 12.9. The molecular weight excluding hydrogens is 524 g/mol. The molecule has 5 rings (SSSR count). The summed E-state index contributed by atoms with van der Waals surface area (Å²) >= 11 is 0. The zero-order chi connectivity index (χ0) is 28.1. The number of hydrogen-bond acceptors (Lipinski definition) is 4. The molecule has 210 valence electrons. The average Bonchev–Trinajstić information content (AvgIpc) is 3.49. The topological polar surface area (TPSA) is 38.8 Å². The van der Waals surface area contributed by atoms with Gasteiger partial charge in [-0.3, -0.25) is 4.79 Å². The molecule has 2 heterocycles. The number of carbonyl (C=O) groups excluding carboxylic acids is 1. The lowest BCUT2D eigenvalue weighted by molar-refractivity contribution is -0.203. The average molecular weight is 554 g/mol. The van der Waals surface area contributed by atoms with Crippen LogP contribution in [0.5, 0.6) is 0 Å². The van der Waals surface area contributed by atoms with Gasteiger partial charge in [-0.1, -0.05) is 23.8 Å². The smallest absolute Gasteiger partial charge is 0.374 e. The maximum Gasteiger partial charge on any atom is 0.416 e. The molecule has 2 fully saturated rings. The number of alkyl halides is 6. The van der Waals surface area contributed by atoms with Crippen LogP contribution in [0.3, 0.4) is 0 Å². The second kappa shape index (κ2) is 10.3. The summed E-state index contributed by atoms with van der Waals surface area (Å²) in [6.45, 7) is 5.15. The monoisotopic (exact) mass is 553 g/mol. The Kier molecular flexibility index (Phi) is 7.30. The van der Waals surface area contributed by atoms with Gasteiger partial charge in [0.1, 0.15) is 0 Å². The Morgan fingerprint density at radius 1 is 0.949 bits per heavy atom. The first-order valence-corrected chi connectivity index (χ1v) is 12.9. The zero-order valence-electron chi connectivity index (χ0n) is 21.5. The number of benzene rings is 2. The summed E-state index contributed by atoms with van der Waals surface area (Å²) in [5.74, 6) is 0.00631. The molecule has 2 aromatic rings. The van der Waals surface area contributed by atoms with Gasteiger partial charge in [-0.25, -0.2) is 0 Å². The van der Waals surface area contributed by atoms with Crippen LogP contribution in [-0.4, -0.2) is 36.7 Å². The lowest BCUT2D eigenvalue weighted by Gasteiger charge is -2.40. The van der Waals surface area contributed by atoms with Gasteiger partial charge in [0.05, 0.1) is 24.3 Å². The zero-order valence-corrected chi connectivity index (χ0v) is 21.5. The number of ketones is 1. The van der Waals surface area contributed by atoms with E-state index < -0.39 is 36.4 Å². The molecule has 2 aliphatic heterocycles. The third-order valence-electron chi connectivity index (χ3n) is 7.94. The minimum absolute atomic E-state index is 0.0631. The van der Waals surface area contributed by atoms with Crippen LogP contribution in [0.4, 0.5) is 26.3 Å². The summed E-state index contributed by atoms with van der Waals surface area (Å²) in [5.41, 5.74) is 1.00. The molecule has 2 aromatic carbocycles. The van der Waals surface area contributed by atoms with Crippen molar-refractivity contribution in [3.63, 3.8) is 0 Å². The van der Waals surface area contributed by atoms with Crippen molar-refractivity contribution in [3.8, 4) is 0 Å². The van der Waals surface area contributed by atoms with Crippen molar-refractivity contribution in [3.05, 3.63) is 81.6 Å². The Labute approximate surface area is 222 Å². The number of ether oxygens (including phenoxy) is 2. The van der Waals surface area contributed by atoms with Gasteiger partial charge in [-0.2, -0.15) is 26.3 Å². The highest BCUT2D eigenvalue weighted by Gasteiger charge is 2.48. The maximum absolute atomic E-state index is 13.4. The fourth-order valence-corrected chi connectivity index (χ4v) is 6.00. The fraction of sp³-hybridized carbons (Fsp3) is 0.483. The molecule has 0 radical (unpaired) electrons.